The van der Waals surface area contributed by atoms with Crippen molar-refractivity contribution in [1.82, 2.24) is 15.0 Å². The Morgan fingerprint density at radius 3 is 2.95 bits per heavy atom. The van der Waals surface area contributed by atoms with Gasteiger partial charge in [-0.15, -0.1) is 0 Å². The van der Waals surface area contributed by atoms with E-state index in [0.717, 1.165) is 15.9 Å². The summed E-state index contributed by atoms with van der Waals surface area (Å²) in [6.07, 6.45) is 1.50. The lowest BCUT2D eigenvalue weighted by Gasteiger charge is -2.00. The summed E-state index contributed by atoms with van der Waals surface area (Å²) >= 11 is 1.46. The van der Waals surface area contributed by atoms with Crippen LogP contribution in [-0.4, -0.2) is 27.5 Å². The average Bonchev–Trinajstić information content (AvgIpc) is 2.88. The van der Waals surface area contributed by atoms with E-state index in [-0.39, 0.29) is 5.97 Å². The molecule has 0 fully saturated rings. The Balaban J connectivity index is 1.88. The van der Waals surface area contributed by atoms with Gasteiger partial charge >= 0.3 is 5.97 Å². The number of hydrogen-bond donors (Lipinski definition) is 1. The van der Waals surface area contributed by atoms with Gasteiger partial charge in [0.25, 0.3) is 0 Å². The third-order valence-electron chi connectivity index (χ3n) is 2.94. The molecule has 0 saturated carbocycles. The number of aromatic nitrogens is 3. The summed E-state index contributed by atoms with van der Waals surface area (Å²) in [6.45, 7) is 4.05. The minimum atomic E-state index is -0.321. The predicted molar refractivity (Wildman–Crippen MR) is 85.6 cm³/mol. The first-order valence-electron chi connectivity index (χ1n) is 6.79. The summed E-state index contributed by atoms with van der Waals surface area (Å²) in [7, 11) is 0. The number of hydrogen-bond acceptors (Lipinski definition) is 7. The molecule has 7 heteroatoms. The zero-order valence-electron chi connectivity index (χ0n) is 12.2. The zero-order chi connectivity index (χ0) is 15.5. The fourth-order valence-electron chi connectivity index (χ4n) is 1.95. The highest BCUT2D eigenvalue weighted by atomic mass is 32.1. The van der Waals surface area contributed by atoms with Gasteiger partial charge in [0.15, 0.2) is 5.13 Å². The van der Waals surface area contributed by atoms with Crippen LogP contribution in [0.3, 0.4) is 0 Å². The molecule has 0 aliphatic carbocycles. The van der Waals surface area contributed by atoms with Gasteiger partial charge in [-0.2, -0.15) is 0 Å². The van der Waals surface area contributed by atoms with Crippen LogP contribution in [0.25, 0.3) is 10.2 Å². The van der Waals surface area contributed by atoms with Crippen molar-refractivity contribution in [1.29, 1.82) is 0 Å². The molecule has 112 valence electrons. The summed E-state index contributed by atoms with van der Waals surface area (Å²) in [5, 5.41) is 3.86. The van der Waals surface area contributed by atoms with Gasteiger partial charge in [0.2, 0.25) is 0 Å². The van der Waals surface area contributed by atoms with Gasteiger partial charge in [-0.25, -0.2) is 19.7 Å². The molecule has 1 aromatic carbocycles. The number of nitrogens with zero attached hydrogens (tertiary/aromatic N) is 3. The van der Waals surface area contributed by atoms with Gasteiger partial charge in [-0.3, -0.25) is 0 Å². The molecule has 2 heterocycles. The van der Waals surface area contributed by atoms with Crippen molar-refractivity contribution >= 4 is 38.5 Å². The monoisotopic (exact) mass is 314 g/mol. The van der Waals surface area contributed by atoms with Crippen LogP contribution in [0.4, 0.5) is 10.9 Å². The van der Waals surface area contributed by atoms with Crippen molar-refractivity contribution in [2.75, 3.05) is 11.9 Å². The van der Waals surface area contributed by atoms with E-state index in [1.807, 2.05) is 19.1 Å². The number of nitrogens with one attached hydrogen (secondary N) is 1. The van der Waals surface area contributed by atoms with E-state index in [4.69, 9.17) is 4.74 Å². The number of fused-ring (bicyclic) bond motifs is 1. The Kier molecular flexibility index (Phi) is 3.97. The quantitative estimate of drug-likeness (QED) is 0.744. The molecule has 0 aliphatic rings. The zero-order valence-corrected chi connectivity index (χ0v) is 13.0. The lowest BCUT2D eigenvalue weighted by molar-refractivity contribution is 0.0526. The molecule has 3 rings (SSSR count). The second-order valence-electron chi connectivity index (χ2n) is 4.59. The molecule has 0 aliphatic heterocycles. The molecule has 0 amide bonds. The number of aryl methyl sites for hydroxylation is 1. The van der Waals surface area contributed by atoms with Crippen molar-refractivity contribution in [2.24, 2.45) is 0 Å². The van der Waals surface area contributed by atoms with Crippen molar-refractivity contribution in [3.63, 3.8) is 0 Å². The number of anilines is 2. The van der Waals surface area contributed by atoms with Crippen LogP contribution in [0, 0.1) is 6.92 Å². The maximum absolute atomic E-state index is 11.8. The summed E-state index contributed by atoms with van der Waals surface area (Å²) < 4.78 is 5.92. The highest BCUT2D eigenvalue weighted by Gasteiger charge is 2.10. The number of carbonyl (C=O) groups excluding carboxylic acids is 1. The van der Waals surface area contributed by atoms with E-state index in [9.17, 15) is 4.79 Å². The molecular weight excluding hydrogens is 300 g/mol. The number of thiazole rings is 1. The lowest BCUT2D eigenvalue weighted by atomic mass is 10.2. The Morgan fingerprint density at radius 1 is 1.32 bits per heavy atom. The third kappa shape index (κ3) is 3.04. The first-order chi connectivity index (χ1) is 10.7. The van der Waals surface area contributed by atoms with E-state index in [1.165, 1.54) is 17.7 Å². The molecule has 0 bridgehead atoms. The standard InChI is InChI=1S/C15H14N4O2S/c1-3-21-14(20)10-4-5-11-12(7-10)22-15(18-11)19-13-6-9(2)16-8-17-13/h4-8H,3H2,1-2H3,(H,16,17,18,19). The summed E-state index contributed by atoms with van der Waals surface area (Å²) in [4.78, 5) is 24.4. The molecular formula is C15H14N4O2S. The maximum Gasteiger partial charge on any atom is 0.338 e. The Labute approximate surface area is 131 Å². The molecule has 0 atom stereocenters. The molecule has 1 N–H and O–H groups in total. The van der Waals surface area contributed by atoms with Crippen molar-refractivity contribution in [3.8, 4) is 0 Å². The van der Waals surface area contributed by atoms with E-state index in [0.29, 0.717) is 23.1 Å². The normalized spacial score (nSPS) is 10.6. The largest absolute Gasteiger partial charge is 0.462 e. The van der Waals surface area contributed by atoms with Crippen molar-refractivity contribution in [3.05, 3.63) is 41.9 Å². The molecule has 22 heavy (non-hydrogen) atoms. The van der Waals surface area contributed by atoms with E-state index in [2.05, 4.69) is 20.3 Å². The number of benzene rings is 1. The number of carbonyl (C=O) groups is 1. The molecule has 6 nitrogen and oxygen atoms in total. The smallest absolute Gasteiger partial charge is 0.338 e. The minimum Gasteiger partial charge on any atom is -0.462 e. The van der Waals surface area contributed by atoms with Crippen molar-refractivity contribution < 1.29 is 9.53 Å². The minimum absolute atomic E-state index is 0.321. The second kappa shape index (κ2) is 6.07. The predicted octanol–water partition coefficient (Wildman–Crippen LogP) is 3.32. The lowest BCUT2D eigenvalue weighted by Crippen LogP contribution is -2.03. The Bertz CT molecular complexity index is 831. The van der Waals surface area contributed by atoms with Crippen LogP contribution >= 0.6 is 11.3 Å². The van der Waals surface area contributed by atoms with Crippen LogP contribution in [-0.2, 0) is 4.74 Å². The van der Waals surface area contributed by atoms with E-state index in [1.54, 1.807) is 19.1 Å². The third-order valence-corrected chi connectivity index (χ3v) is 3.87. The van der Waals surface area contributed by atoms with Crippen LogP contribution in [0.15, 0.2) is 30.6 Å². The number of rotatable bonds is 4. The molecule has 0 saturated heterocycles. The number of esters is 1. The summed E-state index contributed by atoms with van der Waals surface area (Å²) in [5.74, 6) is 0.371. The van der Waals surface area contributed by atoms with Crippen LogP contribution in [0.1, 0.15) is 23.0 Å². The average molecular weight is 314 g/mol. The highest BCUT2D eigenvalue weighted by Crippen LogP contribution is 2.28. The second-order valence-corrected chi connectivity index (χ2v) is 5.62. The van der Waals surface area contributed by atoms with Crippen molar-refractivity contribution in [2.45, 2.75) is 13.8 Å². The molecule has 0 unspecified atom stereocenters. The van der Waals surface area contributed by atoms with Gasteiger partial charge in [-0.05, 0) is 32.0 Å². The molecule has 3 aromatic rings. The maximum atomic E-state index is 11.8. The van der Waals surface area contributed by atoms with Gasteiger partial charge in [-0.1, -0.05) is 11.3 Å². The highest BCUT2D eigenvalue weighted by molar-refractivity contribution is 7.22. The summed E-state index contributed by atoms with van der Waals surface area (Å²) in [5.41, 5.74) is 2.23. The van der Waals surface area contributed by atoms with Gasteiger partial charge in [0.05, 0.1) is 22.4 Å². The number of ether oxygens (including phenoxy) is 1. The first-order valence-corrected chi connectivity index (χ1v) is 7.60. The molecule has 0 spiro atoms. The van der Waals surface area contributed by atoms with Gasteiger partial charge in [0, 0.05) is 11.8 Å². The molecule has 0 radical (unpaired) electrons. The fraction of sp³-hybridized carbons (Fsp3) is 0.200. The van der Waals surface area contributed by atoms with Crippen LogP contribution in [0.5, 0.6) is 0 Å². The fourth-order valence-corrected chi connectivity index (χ4v) is 2.86. The van der Waals surface area contributed by atoms with Gasteiger partial charge < -0.3 is 10.1 Å². The molecule has 2 aromatic heterocycles. The topological polar surface area (TPSA) is 77.0 Å². The SMILES string of the molecule is CCOC(=O)c1ccc2nc(Nc3cc(C)ncn3)sc2c1. The van der Waals surface area contributed by atoms with Gasteiger partial charge in [0.1, 0.15) is 12.1 Å². The van der Waals surface area contributed by atoms with Crippen LogP contribution in [0.2, 0.25) is 0 Å². The van der Waals surface area contributed by atoms with E-state index >= 15 is 0 Å². The Hall–Kier alpha value is -2.54. The first kappa shape index (κ1) is 14.4. The van der Waals surface area contributed by atoms with Crippen LogP contribution < -0.4 is 5.32 Å². The Morgan fingerprint density at radius 2 is 2.18 bits per heavy atom. The van der Waals surface area contributed by atoms with E-state index < -0.39 is 0 Å². The summed E-state index contributed by atoms with van der Waals surface area (Å²) in [6, 6.07) is 7.17.